The topological polar surface area (TPSA) is 30.5 Å². The molecule has 0 saturated heterocycles. The second-order valence-corrected chi connectivity index (χ2v) is 4.41. The summed E-state index contributed by atoms with van der Waals surface area (Å²) < 4.78 is 11.0. The second kappa shape index (κ2) is 6.03. The Balaban J connectivity index is 1.98. The molecule has 0 radical (unpaired) electrons. The molecule has 1 N–H and O–H groups in total. The first-order valence-corrected chi connectivity index (χ1v) is 6.32. The Labute approximate surface area is 103 Å². The first-order valence-electron chi connectivity index (χ1n) is 6.32. The molecular formula is C14H21NO2. The lowest BCUT2D eigenvalue weighted by Crippen LogP contribution is -2.30. The molecule has 1 aromatic carbocycles. The van der Waals surface area contributed by atoms with E-state index in [1.54, 1.807) is 7.11 Å². The lowest BCUT2D eigenvalue weighted by molar-refractivity contribution is 0.185. The van der Waals surface area contributed by atoms with Crippen LogP contribution in [0.1, 0.15) is 24.8 Å². The van der Waals surface area contributed by atoms with Crippen LogP contribution in [0, 0.1) is 0 Å². The first kappa shape index (κ1) is 12.4. The molecule has 1 aliphatic heterocycles. The largest absolute Gasteiger partial charge is 0.489 e. The van der Waals surface area contributed by atoms with E-state index in [4.69, 9.17) is 9.47 Å². The summed E-state index contributed by atoms with van der Waals surface area (Å²) in [6.45, 7) is 4.79. The van der Waals surface area contributed by atoms with Crippen molar-refractivity contribution in [3.8, 4) is 5.75 Å². The van der Waals surface area contributed by atoms with Crippen LogP contribution in [0.4, 0.5) is 0 Å². The molecule has 3 heteroatoms. The molecule has 2 unspecified atom stereocenters. The maximum atomic E-state index is 5.95. The lowest BCUT2D eigenvalue weighted by atomic mass is 9.94. The van der Waals surface area contributed by atoms with Crippen molar-refractivity contribution in [2.75, 3.05) is 26.8 Å². The van der Waals surface area contributed by atoms with E-state index in [2.05, 4.69) is 30.4 Å². The normalized spacial score (nSPS) is 22.2. The van der Waals surface area contributed by atoms with Gasteiger partial charge in [0.15, 0.2) is 0 Å². The van der Waals surface area contributed by atoms with E-state index in [0.29, 0.717) is 12.0 Å². The van der Waals surface area contributed by atoms with E-state index in [-0.39, 0.29) is 0 Å². The molecule has 1 heterocycles. The summed E-state index contributed by atoms with van der Waals surface area (Å²) in [4.78, 5) is 0. The molecule has 2 atom stereocenters. The molecule has 94 valence electrons. The average molecular weight is 235 g/mol. The van der Waals surface area contributed by atoms with E-state index in [0.717, 1.165) is 31.9 Å². The van der Waals surface area contributed by atoms with Gasteiger partial charge in [-0.25, -0.2) is 0 Å². The van der Waals surface area contributed by atoms with Crippen molar-refractivity contribution < 1.29 is 9.47 Å². The van der Waals surface area contributed by atoms with Gasteiger partial charge in [-0.05, 0) is 12.5 Å². The molecule has 17 heavy (non-hydrogen) atoms. The fourth-order valence-corrected chi connectivity index (χ4v) is 2.38. The summed E-state index contributed by atoms with van der Waals surface area (Å²) in [7, 11) is 1.73. The van der Waals surface area contributed by atoms with Crippen LogP contribution in [0.15, 0.2) is 24.3 Å². The van der Waals surface area contributed by atoms with Crippen LogP contribution in [0.5, 0.6) is 5.75 Å². The average Bonchev–Trinajstić information content (AvgIpc) is 2.73. The van der Waals surface area contributed by atoms with Crippen molar-refractivity contribution in [2.24, 2.45) is 0 Å². The molecule has 0 fully saturated rings. The Morgan fingerprint density at radius 3 is 2.94 bits per heavy atom. The van der Waals surface area contributed by atoms with Crippen molar-refractivity contribution >= 4 is 0 Å². The smallest absolute Gasteiger partial charge is 0.123 e. The molecule has 3 nitrogen and oxygen atoms in total. The Kier molecular flexibility index (Phi) is 4.40. The van der Waals surface area contributed by atoms with Crippen molar-refractivity contribution in [3.63, 3.8) is 0 Å². The molecule has 0 aromatic heterocycles. The zero-order chi connectivity index (χ0) is 12.1. The summed E-state index contributed by atoms with van der Waals surface area (Å²) in [5, 5.41) is 3.43. The predicted octanol–water partition coefficient (Wildman–Crippen LogP) is 2.18. The number of hydrogen-bond acceptors (Lipinski definition) is 3. The standard InChI is InChI=1S/C14H21NO2/c1-3-13-12(10-15-8-9-16-2)11-6-4-5-7-14(11)17-13/h4-7,12-13,15H,3,8-10H2,1-2H3. The lowest BCUT2D eigenvalue weighted by Gasteiger charge is -2.18. The zero-order valence-corrected chi connectivity index (χ0v) is 10.6. The monoisotopic (exact) mass is 235 g/mol. The SMILES string of the molecule is CCC1Oc2ccccc2C1CNCCOC. The Morgan fingerprint density at radius 1 is 1.35 bits per heavy atom. The summed E-state index contributed by atoms with van der Waals surface area (Å²) in [5.41, 5.74) is 1.34. The fourth-order valence-electron chi connectivity index (χ4n) is 2.38. The predicted molar refractivity (Wildman–Crippen MR) is 68.6 cm³/mol. The molecular weight excluding hydrogens is 214 g/mol. The van der Waals surface area contributed by atoms with Gasteiger partial charge in [-0.15, -0.1) is 0 Å². The minimum atomic E-state index is 0.308. The van der Waals surface area contributed by atoms with Gasteiger partial charge in [-0.2, -0.15) is 0 Å². The molecule has 0 bridgehead atoms. The van der Waals surface area contributed by atoms with Gasteiger partial charge in [0.2, 0.25) is 0 Å². The Hall–Kier alpha value is -1.06. The van der Waals surface area contributed by atoms with E-state index in [1.807, 2.05) is 6.07 Å². The Bertz CT molecular complexity index is 354. The van der Waals surface area contributed by atoms with Gasteiger partial charge in [-0.3, -0.25) is 0 Å². The minimum Gasteiger partial charge on any atom is -0.489 e. The summed E-state index contributed by atoms with van der Waals surface area (Å²) in [6.07, 6.45) is 1.35. The molecule has 0 aliphatic carbocycles. The third kappa shape index (κ3) is 2.79. The highest BCUT2D eigenvalue weighted by molar-refractivity contribution is 5.41. The van der Waals surface area contributed by atoms with Crippen LogP contribution in [0.25, 0.3) is 0 Å². The van der Waals surface area contributed by atoms with Gasteiger partial charge < -0.3 is 14.8 Å². The van der Waals surface area contributed by atoms with Crippen LogP contribution < -0.4 is 10.1 Å². The quantitative estimate of drug-likeness (QED) is 0.767. The first-order chi connectivity index (χ1) is 8.36. The fraction of sp³-hybridized carbons (Fsp3) is 0.571. The maximum absolute atomic E-state index is 5.95. The highest BCUT2D eigenvalue weighted by Gasteiger charge is 2.32. The van der Waals surface area contributed by atoms with Gasteiger partial charge in [0.05, 0.1) is 6.61 Å². The van der Waals surface area contributed by atoms with E-state index in [1.165, 1.54) is 5.56 Å². The van der Waals surface area contributed by atoms with Gasteiger partial charge in [0, 0.05) is 31.7 Å². The molecule has 0 spiro atoms. The van der Waals surface area contributed by atoms with E-state index < -0.39 is 0 Å². The number of para-hydroxylation sites is 1. The molecule has 1 aliphatic rings. The second-order valence-electron chi connectivity index (χ2n) is 4.41. The minimum absolute atomic E-state index is 0.308. The zero-order valence-electron chi connectivity index (χ0n) is 10.6. The number of nitrogens with one attached hydrogen (secondary N) is 1. The summed E-state index contributed by atoms with van der Waals surface area (Å²) >= 11 is 0. The highest BCUT2D eigenvalue weighted by Crippen LogP contribution is 2.38. The molecule has 1 aromatic rings. The maximum Gasteiger partial charge on any atom is 0.123 e. The van der Waals surface area contributed by atoms with Crippen molar-refractivity contribution in [2.45, 2.75) is 25.4 Å². The number of ether oxygens (including phenoxy) is 2. The van der Waals surface area contributed by atoms with E-state index in [9.17, 15) is 0 Å². The van der Waals surface area contributed by atoms with Gasteiger partial charge in [-0.1, -0.05) is 25.1 Å². The van der Waals surface area contributed by atoms with Gasteiger partial charge in [0.25, 0.3) is 0 Å². The van der Waals surface area contributed by atoms with Crippen LogP contribution >= 0.6 is 0 Å². The summed E-state index contributed by atoms with van der Waals surface area (Å²) in [6, 6.07) is 8.36. The molecule has 0 amide bonds. The third-order valence-corrected chi connectivity index (χ3v) is 3.30. The van der Waals surface area contributed by atoms with Crippen LogP contribution in [0.3, 0.4) is 0 Å². The van der Waals surface area contributed by atoms with Crippen LogP contribution in [-0.4, -0.2) is 32.9 Å². The number of hydrogen-bond donors (Lipinski definition) is 1. The molecule has 0 saturated carbocycles. The molecule has 2 rings (SSSR count). The van der Waals surface area contributed by atoms with Crippen LogP contribution in [-0.2, 0) is 4.74 Å². The number of fused-ring (bicyclic) bond motifs is 1. The van der Waals surface area contributed by atoms with Crippen molar-refractivity contribution in [3.05, 3.63) is 29.8 Å². The van der Waals surface area contributed by atoms with Gasteiger partial charge in [0.1, 0.15) is 11.9 Å². The number of benzene rings is 1. The number of methoxy groups -OCH3 is 1. The Morgan fingerprint density at radius 2 is 2.18 bits per heavy atom. The van der Waals surface area contributed by atoms with Crippen LogP contribution in [0.2, 0.25) is 0 Å². The number of rotatable bonds is 6. The van der Waals surface area contributed by atoms with Crippen molar-refractivity contribution in [1.82, 2.24) is 5.32 Å². The van der Waals surface area contributed by atoms with E-state index >= 15 is 0 Å². The summed E-state index contributed by atoms with van der Waals surface area (Å²) in [5.74, 6) is 1.52. The highest BCUT2D eigenvalue weighted by atomic mass is 16.5. The van der Waals surface area contributed by atoms with Crippen molar-refractivity contribution in [1.29, 1.82) is 0 Å². The van der Waals surface area contributed by atoms with Gasteiger partial charge >= 0.3 is 0 Å². The third-order valence-electron chi connectivity index (χ3n) is 3.30.